The van der Waals surface area contributed by atoms with Crippen molar-refractivity contribution in [3.8, 4) is 0 Å². The summed E-state index contributed by atoms with van der Waals surface area (Å²) in [6.45, 7) is 28.1. The quantitative estimate of drug-likeness (QED) is 0.0424. The summed E-state index contributed by atoms with van der Waals surface area (Å²) in [6, 6.07) is 37.8. The number of allylic oxidation sites excluding steroid dienone is 8. The largest absolute Gasteiger partial charge is 1.00 e. The molecule has 3 aliphatic rings. The van der Waals surface area contributed by atoms with Gasteiger partial charge in [-0.2, -0.15) is 43.2 Å². The number of rotatable bonds is 18. The van der Waals surface area contributed by atoms with Crippen LogP contribution in [0, 0.1) is 13.3 Å². The van der Waals surface area contributed by atoms with Gasteiger partial charge in [0.1, 0.15) is 8.07 Å². The Hall–Kier alpha value is -3.12. The second-order valence-electron chi connectivity index (χ2n) is 23.3. The molecule has 0 heterocycles. The molecule has 0 spiro atoms. The van der Waals surface area contributed by atoms with E-state index in [2.05, 4.69) is 164 Å². The molecule has 0 saturated heterocycles. The van der Waals surface area contributed by atoms with Gasteiger partial charge < -0.3 is 12.2 Å². The zero-order chi connectivity index (χ0) is 57.6. The minimum absolute atomic E-state index is 0. The molecule has 21 heteroatoms. The number of benzene rings is 4. The van der Waals surface area contributed by atoms with Crippen LogP contribution >= 0.6 is 0 Å². The van der Waals surface area contributed by atoms with Crippen LogP contribution in [-0.4, -0.2) is 81.9 Å². The summed E-state index contributed by atoms with van der Waals surface area (Å²) in [7, 11) is -24.0. The molecule has 0 bridgehead atoms. The van der Waals surface area contributed by atoms with Crippen LogP contribution in [0.4, 0.5) is 26.3 Å². The summed E-state index contributed by atoms with van der Waals surface area (Å²) in [5.41, 5.74) is -8.02. The minimum Gasteiger partial charge on any atom is -0.382 e. The van der Waals surface area contributed by atoms with E-state index in [1.165, 1.54) is 49.9 Å². The zero-order valence-corrected chi connectivity index (χ0v) is 55.2. The monoisotopic (exact) mass is 1230 g/mol. The molecule has 1 fully saturated rings. The first kappa shape index (κ1) is 74.9. The van der Waals surface area contributed by atoms with Crippen molar-refractivity contribution in [1.29, 1.82) is 0 Å². The van der Waals surface area contributed by atoms with Gasteiger partial charge in [-0.1, -0.05) is 277 Å². The fourth-order valence-corrected chi connectivity index (χ4v) is 27.5. The molecule has 4 aromatic carbocycles. The number of ether oxygens (including phenoxy) is 1. The summed E-state index contributed by atoms with van der Waals surface area (Å²) in [5, 5.41) is 1.87. The molecule has 1 saturated carbocycles. The van der Waals surface area contributed by atoms with E-state index in [9.17, 15) is 43.2 Å². The maximum atomic E-state index is 12.9. The van der Waals surface area contributed by atoms with E-state index >= 15 is 0 Å². The Morgan fingerprint density at radius 3 is 1.05 bits per heavy atom. The van der Waals surface area contributed by atoms with Crippen LogP contribution in [0.3, 0.4) is 0 Å². The number of halogens is 6. The molecule has 0 N–H and O–H groups in total. The molecule has 0 aromatic heterocycles. The minimum atomic E-state index is -6.56. The molecule has 0 amide bonds. The van der Waals surface area contributed by atoms with Crippen molar-refractivity contribution in [2.75, 3.05) is 13.2 Å². The Morgan fingerprint density at radius 1 is 0.500 bits per heavy atom. The van der Waals surface area contributed by atoms with Crippen molar-refractivity contribution in [3.05, 3.63) is 176 Å². The summed E-state index contributed by atoms with van der Waals surface area (Å²) < 4.78 is 138. The normalized spacial score (nSPS) is 16.9. The summed E-state index contributed by atoms with van der Waals surface area (Å²) in [5.74, 6) is 1.12. The second-order valence-corrected chi connectivity index (χ2v) is 50.5. The fraction of sp³-hybridized carbons (Fsp3) is 0.441. The summed E-state index contributed by atoms with van der Waals surface area (Å²) in [4.78, 5) is 0. The number of alkyl halides is 6. The van der Waals surface area contributed by atoms with Gasteiger partial charge in [0.05, 0.1) is 0 Å². The first-order valence-corrected chi connectivity index (χ1v) is 44.2. The van der Waals surface area contributed by atoms with Crippen LogP contribution in [0.1, 0.15) is 47.0 Å². The topological polar surface area (TPSA) is 96.0 Å². The van der Waals surface area contributed by atoms with Crippen molar-refractivity contribution in [2.45, 2.75) is 146 Å². The molecule has 7 rings (SSSR count). The molecule has 0 radical (unpaired) electrons. The maximum Gasteiger partial charge on any atom is 1.00 e. The molecule has 2 atom stereocenters. The van der Waals surface area contributed by atoms with Gasteiger partial charge in [0, 0.05) is 58.9 Å². The molecule has 7 nitrogen and oxygen atoms in total. The molecular formula is C59H87F6LiO7S2Si5. The first-order chi connectivity index (χ1) is 35.7. The Kier molecular flexibility index (Phi) is 29.7. The van der Waals surface area contributed by atoms with E-state index < -0.39 is 82.5 Å². The maximum absolute atomic E-state index is 12.9. The standard InChI is InChI=1S/C30H40Si3.C14H10F6O6S2Si.C9H20Si.C4H10O.CH4.CH3.Li/c1-31(2,3)23-25-17-19-29(21-25)33(27-13-9-7-10-14-27,28-15-11-8-12-16-28)30-20-18-26(22-30)24-32(4,5)6;15-13(16,17)27(21,22)25-29(11-7-3-1-4-8-11,12-9-5-2-6-10-12)26-28(23,24)14(18,19)20;1-10(2,3)8-9-6-4-5-7-9;1-3-5-4-2;;;/h7-22,29-30H,23-24H2,1-6H3;1-10H;9H,4-8H2,1-3H3;3-4H2,1-2H3;1H4;1H3;/q;;;;;-1;+1. The van der Waals surface area contributed by atoms with Gasteiger partial charge >= 0.3 is 58.7 Å². The van der Waals surface area contributed by atoms with Crippen molar-refractivity contribution >= 4 is 81.8 Å². The fourth-order valence-electron chi connectivity index (χ4n) is 10.1. The van der Waals surface area contributed by atoms with Crippen LogP contribution in [0.25, 0.3) is 0 Å². The van der Waals surface area contributed by atoms with Gasteiger partial charge in [-0.25, -0.2) is 0 Å². The molecule has 2 unspecified atom stereocenters. The average Bonchev–Trinajstić information content (AvgIpc) is 4.13. The molecule has 4 aromatic rings. The smallest absolute Gasteiger partial charge is 0.382 e. The SMILES string of the molecule is C.CCOCC.C[Si](C)(C)CC1=CC([Si](c2ccccc2)(c2ccccc2)C2C=CC(C[Si](C)(C)C)=C2)C=C1.C[Si](C)(C)CC1CCCC1.O=S(=O)(O[Si](OS(=O)(=O)C(F)(F)F)(c1ccccc1)c1ccccc1)C(F)(F)F.[CH3-].[Li+]. The van der Waals surface area contributed by atoms with Gasteiger partial charge in [0.15, 0.2) is 0 Å². The van der Waals surface area contributed by atoms with Crippen LogP contribution < -0.4 is 39.6 Å². The van der Waals surface area contributed by atoms with Crippen molar-refractivity contribution in [3.63, 3.8) is 0 Å². The predicted molar refractivity (Wildman–Crippen MR) is 332 cm³/mol. The van der Waals surface area contributed by atoms with E-state index in [4.69, 9.17) is 4.74 Å². The third-order valence-corrected chi connectivity index (χ3v) is 30.1. The van der Waals surface area contributed by atoms with Crippen LogP contribution in [0.15, 0.2) is 169 Å². The third kappa shape index (κ3) is 21.8. The number of hydrogen-bond donors (Lipinski definition) is 0. The Balaban J connectivity index is 0.000000620. The van der Waals surface area contributed by atoms with E-state index in [0.29, 0.717) is 11.1 Å². The summed E-state index contributed by atoms with van der Waals surface area (Å²) >= 11 is 0. The van der Waals surface area contributed by atoms with E-state index in [-0.39, 0.29) is 33.7 Å². The number of hydrogen-bond acceptors (Lipinski definition) is 7. The second kappa shape index (κ2) is 31.7. The third-order valence-electron chi connectivity index (χ3n) is 13.0. The zero-order valence-electron chi connectivity index (χ0n) is 48.5. The van der Waals surface area contributed by atoms with E-state index in [0.717, 1.165) is 67.7 Å². The van der Waals surface area contributed by atoms with Gasteiger partial charge in [-0.05, 0) is 31.9 Å². The Labute approximate surface area is 494 Å². The van der Waals surface area contributed by atoms with Gasteiger partial charge in [0.2, 0.25) is 0 Å². The van der Waals surface area contributed by atoms with E-state index in [1.54, 1.807) is 27.6 Å². The van der Waals surface area contributed by atoms with Crippen LogP contribution in [0.5, 0.6) is 0 Å². The molecule has 440 valence electrons. The Morgan fingerprint density at radius 2 is 0.800 bits per heavy atom. The average molecular weight is 1230 g/mol. The van der Waals surface area contributed by atoms with Crippen molar-refractivity contribution < 1.29 is 74.5 Å². The molecule has 3 aliphatic carbocycles. The van der Waals surface area contributed by atoms with Crippen molar-refractivity contribution in [1.82, 2.24) is 0 Å². The predicted octanol–water partition coefficient (Wildman–Crippen LogP) is 12.3. The van der Waals surface area contributed by atoms with Crippen molar-refractivity contribution in [2.24, 2.45) is 5.92 Å². The molecule has 80 heavy (non-hydrogen) atoms. The molecule has 0 aliphatic heterocycles. The Bertz CT molecular complexity index is 2640. The molecular weight excluding hydrogens is 1150 g/mol. The van der Waals surface area contributed by atoms with Gasteiger partial charge in [-0.15, -0.1) is 0 Å². The van der Waals surface area contributed by atoms with Crippen LogP contribution in [-0.2, 0) is 32.7 Å². The summed E-state index contributed by atoms with van der Waals surface area (Å²) in [6.07, 6.45) is 21.4. The van der Waals surface area contributed by atoms with E-state index in [1.807, 2.05) is 13.8 Å². The van der Waals surface area contributed by atoms with Gasteiger partial charge in [-0.3, -0.25) is 7.74 Å². The van der Waals surface area contributed by atoms with Gasteiger partial charge in [0.25, 0.3) is 0 Å². The van der Waals surface area contributed by atoms with Crippen LogP contribution in [0.2, 0.25) is 88.1 Å². The first-order valence-electron chi connectivity index (χ1n) is 26.3.